The Morgan fingerprint density at radius 2 is 1.50 bits per heavy atom. The molecule has 9 heteroatoms. The molecule has 4 aromatic rings. The predicted molar refractivity (Wildman–Crippen MR) is 183 cm³/mol. The zero-order chi connectivity index (χ0) is 32.9. The van der Waals surface area contributed by atoms with Crippen LogP contribution in [-0.4, -0.2) is 41.4 Å². The molecule has 1 aliphatic heterocycles. The van der Waals surface area contributed by atoms with Gasteiger partial charge in [0, 0.05) is 17.7 Å². The first-order valence-electron chi connectivity index (χ1n) is 15.7. The van der Waals surface area contributed by atoms with Crippen LogP contribution in [0.4, 0.5) is 0 Å². The molecule has 1 saturated heterocycles. The maximum Gasteiger partial charge on any atom is 0.335 e. The van der Waals surface area contributed by atoms with Gasteiger partial charge in [-0.2, -0.15) is 0 Å². The average molecular weight is 641 g/mol. The minimum atomic E-state index is -2.89. The molecule has 2 heterocycles. The Balaban J connectivity index is 1.46. The van der Waals surface area contributed by atoms with Gasteiger partial charge in [0.15, 0.2) is 6.23 Å². The highest BCUT2D eigenvalue weighted by molar-refractivity contribution is 6.99. The van der Waals surface area contributed by atoms with E-state index in [0.29, 0.717) is 12.0 Å². The van der Waals surface area contributed by atoms with Crippen molar-refractivity contribution in [2.45, 2.75) is 70.9 Å². The van der Waals surface area contributed by atoms with Crippen molar-refractivity contribution in [3.05, 3.63) is 142 Å². The van der Waals surface area contributed by atoms with E-state index in [1.807, 2.05) is 66.7 Å². The topological polar surface area (TPSA) is 91.9 Å². The van der Waals surface area contributed by atoms with Crippen LogP contribution in [0.2, 0.25) is 5.04 Å². The molecule has 3 unspecified atom stereocenters. The maximum atomic E-state index is 13.7. The van der Waals surface area contributed by atoms with E-state index in [0.717, 1.165) is 20.5 Å². The summed E-state index contributed by atoms with van der Waals surface area (Å²) in [6.45, 7) is 12.4. The van der Waals surface area contributed by atoms with Crippen molar-refractivity contribution in [3.8, 4) is 0 Å². The summed E-state index contributed by atoms with van der Waals surface area (Å²) in [5.74, 6) is -0.386. The highest BCUT2D eigenvalue weighted by Crippen LogP contribution is 2.40. The molecular formula is C37H44N2O6Si. The molecule has 8 nitrogen and oxygen atoms in total. The van der Waals surface area contributed by atoms with E-state index < -0.39 is 38.0 Å². The van der Waals surface area contributed by atoms with E-state index in [2.05, 4.69) is 51.6 Å². The van der Waals surface area contributed by atoms with Crippen LogP contribution in [0.15, 0.2) is 119 Å². The van der Waals surface area contributed by atoms with Crippen molar-refractivity contribution in [3.63, 3.8) is 0 Å². The predicted octanol–water partition coefficient (Wildman–Crippen LogP) is 4.52. The molecule has 46 heavy (non-hydrogen) atoms. The fourth-order valence-electron chi connectivity index (χ4n) is 6.52. The van der Waals surface area contributed by atoms with Gasteiger partial charge in [0.25, 0.3) is 13.9 Å². The zero-order valence-corrected chi connectivity index (χ0v) is 28.0. The molecule has 242 valence electrons. The second-order valence-corrected chi connectivity index (χ2v) is 17.2. The number of aliphatic hydroxyl groups excluding tert-OH is 1. The lowest BCUT2D eigenvalue weighted by atomic mass is 9.94. The molecule has 1 N–H and O–H groups in total. The van der Waals surface area contributed by atoms with E-state index in [9.17, 15) is 14.7 Å². The molecule has 1 aromatic heterocycles. The molecule has 3 aromatic carbocycles. The molecular weight excluding hydrogens is 597 g/mol. The van der Waals surface area contributed by atoms with E-state index >= 15 is 0 Å². The standard InChI is InChI=1S/C37H44N2O6Si/c1-6-16-31-32(25-44-46(37(3,4)5,29-19-12-8-13-20-29)30-21-14-9-15-22-30)45-35(33(31)40)38-23-27(2)34(41)39(36(38)42)26-43-24-28-17-10-7-11-18-28/h6-15,17-23,31-33,35,40H,1,16,24-26H2,2-5H3/t31?,32-,33?,35?/m1/s1. The van der Waals surface area contributed by atoms with E-state index in [1.165, 1.54) is 10.8 Å². The summed E-state index contributed by atoms with van der Waals surface area (Å²) in [5.41, 5.74) is 0.203. The molecule has 5 rings (SSSR count). The van der Waals surface area contributed by atoms with Crippen LogP contribution in [0, 0.1) is 12.8 Å². The monoisotopic (exact) mass is 640 g/mol. The van der Waals surface area contributed by atoms with Crippen molar-refractivity contribution < 1.29 is 19.0 Å². The number of rotatable bonds is 12. The largest absolute Gasteiger partial charge is 0.405 e. The number of hydrogen-bond acceptors (Lipinski definition) is 6. The third-order valence-corrected chi connectivity index (χ3v) is 13.8. The molecule has 0 bridgehead atoms. The smallest absolute Gasteiger partial charge is 0.335 e. The number of nitrogens with zero attached hydrogens (tertiary/aromatic N) is 2. The Morgan fingerprint density at radius 3 is 2.04 bits per heavy atom. The van der Waals surface area contributed by atoms with Crippen molar-refractivity contribution in [1.82, 2.24) is 9.13 Å². The molecule has 0 amide bonds. The van der Waals surface area contributed by atoms with Gasteiger partial charge in [-0.05, 0) is 34.3 Å². The average Bonchev–Trinajstić information content (AvgIpc) is 3.36. The second kappa shape index (κ2) is 14.3. The van der Waals surface area contributed by atoms with Gasteiger partial charge in [0.2, 0.25) is 0 Å². The normalized spacial score (nSPS) is 20.1. The number of aliphatic hydroxyl groups is 1. The summed E-state index contributed by atoms with van der Waals surface area (Å²) in [5, 5.41) is 13.7. The molecule has 4 atom stereocenters. The molecule has 1 fully saturated rings. The molecule has 0 aliphatic carbocycles. The summed E-state index contributed by atoms with van der Waals surface area (Å²) in [4.78, 5) is 26.7. The summed E-state index contributed by atoms with van der Waals surface area (Å²) in [7, 11) is -2.89. The van der Waals surface area contributed by atoms with Gasteiger partial charge in [0.1, 0.15) is 12.8 Å². The minimum Gasteiger partial charge on any atom is -0.405 e. The summed E-state index contributed by atoms with van der Waals surface area (Å²) >= 11 is 0. The Bertz CT molecular complexity index is 1680. The van der Waals surface area contributed by atoms with Gasteiger partial charge >= 0.3 is 5.69 Å². The van der Waals surface area contributed by atoms with Gasteiger partial charge in [0.05, 0.1) is 19.3 Å². The second-order valence-electron chi connectivity index (χ2n) is 12.9. The maximum absolute atomic E-state index is 13.7. The number of ether oxygens (including phenoxy) is 2. The van der Waals surface area contributed by atoms with Gasteiger partial charge < -0.3 is 19.0 Å². The number of hydrogen-bond donors (Lipinski definition) is 1. The van der Waals surface area contributed by atoms with Gasteiger partial charge in [-0.25, -0.2) is 9.36 Å². The van der Waals surface area contributed by atoms with Crippen LogP contribution in [0.5, 0.6) is 0 Å². The minimum absolute atomic E-state index is 0.201. The van der Waals surface area contributed by atoms with Gasteiger partial charge in [-0.1, -0.05) is 118 Å². The van der Waals surface area contributed by atoms with Crippen molar-refractivity contribution in [2.75, 3.05) is 6.61 Å². The molecule has 1 aliphatic rings. The van der Waals surface area contributed by atoms with Crippen LogP contribution in [0.1, 0.15) is 44.5 Å². The highest BCUT2D eigenvalue weighted by atomic mass is 28.4. The Kier molecular flexibility index (Phi) is 10.4. The fraction of sp³-hybridized carbons (Fsp3) is 0.351. The first-order valence-corrected chi connectivity index (χ1v) is 17.6. The molecule has 0 radical (unpaired) electrons. The van der Waals surface area contributed by atoms with Crippen LogP contribution in [-0.2, 0) is 27.2 Å². The van der Waals surface area contributed by atoms with Crippen LogP contribution in [0.25, 0.3) is 0 Å². The Morgan fingerprint density at radius 1 is 0.935 bits per heavy atom. The number of aromatic nitrogens is 2. The van der Waals surface area contributed by atoms with E-state index in [-0.39, 0.29) is 30.9 Å². The third kappa shape index (κ3) is 6.65. The summed E-state index contributed by atoms with van der Waals surface area (Å²) < 4.78 is 21.8. The van der Waals surface area contributed by atoms with Crippen LogP contribution >= 0.6 is 0 Å². The van der Waals surface area contributed by atoms with Gasteiger partial charge in [-0.15, -0.1) is 6.58 Å². The lowest BCUT2D eigenvalue weighted by molar-refractivity contribution is -0.0535. The van der Waals surface area contributed by atoms with Crippen molar-refractivity contribution in [2.24, 2.45) is 5.92 Å². The van der Waals surface area contributed by atoms with Gasteiger partial charge in [-0.3, -0.25) is 9.36 Å². The van der Waals surface area contributed by atoms with E-state index in [4.69, 9.17) is 13.9 Å². The van der Waals surface area contributed by atoms with Crippen molar-refractivity contribution >= 4 is 18.7 Å². The molecule has 0 spiro atoms. The SMILES string of the molecule is C=CCC1C(O)C(n2cc(C)c(=O)n(COCc3ccccc3)c2=O)O[C@@H]1CO[Si](c1ccccc1)(c1ccccc1)C(C)(C)C. The zero-order valence-electron chi connectivity index (χ0n) is 27.0. The summed E-state index contributed by atoms with van der Waals surface area (Å²) in [6, 6.07) is 30.2. The Hall–Kier alpha value is -3.86. The number of allylic oxidation sites excluding steroid dienone is 1. The number of benzene rings is 3. The van der Waals surface area contributed by atoms with E-state index in [1.54, 1.807) is 13.0 Å². The fourth-order valence-corrected chi connectivity index (χ4v) is 11.1. The first-order chi connectivity index (χ1) is 22.1. The Labute approximate surface area is 271 Å². The third-order valence-electron chi connectivity index (χ3n) is 8.82. The quantitative estimate of drug-likeness (QED) is 0.181. The van der Waals surface area contributed by atoms with Crippen molar-refractivity contribution in [1.29, 1.82) is 0 Å². The first kappa shape index (κ1) is 33.5. The highest BCUT2D eigenvalue weighted by Gasteiger charge is 2.52. The molecule has 0 saturated carbocycles. The summed E-state index contributed by atoms with van der Waals surface area (Å²) in [6.07, 6.45) is 1.07. The lowest BCUT2D eigenvalue weighted by Crippen LogP contribution is -2.67. The number of aryl methyl sites for hydroxylation is 1. The van der Waals surface area contributed by atoms with Crippen LogP contribution < -0.4 is 21.6 Å². The lowest BCUT2D eigenvalue weighted by Gasteiger charge is -2.43. The van der Waals surface area contributed by atoms with Crippen LogP contribution in [0.3, 0.4) is 0 Å².